The predicted octanol–water partition coefficient (Wildman–Crippen LogP) is 1.56. The number of aliphatic imine (C=N–C) groups is 1. The maximum absolute atomic E-state index is 13.1. The molecule has 3 rings (SSSR count). The van der Waals surface area contributed by atoms with Crippen LogP contribution in [0.5, 0.6) is 0 Å². The number of guanidine groups is 1. The summed E-state index contributed by atoms with van der Waals surface area (Å²) in [5.74, 6) is 0.238. The summed E-state index contributed by atoms with van der Waals surface area (Å²) in [7, 11) is 1.79. The Labute approximate surface area is 177 Å². The lowest BCUT2D eigenvalue weighted by Gasteiger charge is -2.35. The van der Waals surface area contributed by atoms with Crippen LogP contribution in [0.4, 0.5) is 24.7 Å². The smallest absolute Gasteiger partial charge is 0.368 e. The highest BCUT2D eigenvalue weighted by atomic mass is 19.4. The molecule has 168 valence electrons. The van der Waals surface area contributed by atoms with Crippen LogP contribution >= 0.6 is 0 Å². The number of anilines is 2. The van der Waals surface area contributed by atoms with Crippen molar-refractivity contribution in [2.24, 2.45) is 12.0 Å². The van der Waals surface area contributed by atoms with Crippen molar-refractivity contribution in [2.45, 2.75) is 13.1 Å². The molecule has 2 N–H and O–H groups in total. The van der Waals surface area contributed by atoms with E-state index in [1.807, 2.05) is 11.8 Å². The van der Waals surface area contributed by atoms with Crippen molar-refractivity contribution in [3.05, 3.63) is 36.3 Å². The average Bonchev–Trinajstić information content (AvgIpc) is 3.15. The van der Waals surface area contributed by atoms with E-state index in [1.54, 1.807) is 29.0 Å². The molecule has 0 saturated carbocycles. The number of carbonyl (C=O) groups excluding carboxylic acids is 1. The first-order chi connectivity index (χ1) is 14.8. The van der Waals surface area contributed by atoms with Gasteiger partial charge in [0.25, 0.3) is 0 Å². The van der Waals surface area contributed by atoms with Crippen LogP contribution in [0.3, 0.4) is 0 Å². The fourth-order valence-corrected chi connectivity index (χ4v) is 3.21. The standard InChI is InChI=1S/C19H25F3N8O/c1-3-23-18(26-8-7-25-17-15(19(20,21)22)5-4-6-24-17)29-9-10-30(16(31)13-29)14-11-27-28(2)12-14/h4-6,11-12H,3,7-10,13H2,1-2H3,(H,23,26)(H,24,25). The number of hydrogen-bond acceptors (Lipinski definition) is 5. The number of nitrogens with zero attached hydrogens (tertiary/aromatic N) is 6. The Balaban J connectivity index is 1.59. The van der Waals surface area contributed by atoms with E-state index in [4.69, 9.17) is 0 Å². The number of hydrogen-bond donors (Lipinski definition) is 2. The molecular formula is C19H25F3N8O. The maximum Gasteiger partial charge on any atom is 0.419 e. The number of amides is 1. The molecule has 0 atom stereocenters. The minimum Gasteiger partial charge on any atom is -0.368 e. The molecule has 0 aromatic carbocycles. The maximum atomic E-state index is 13.1. The number of pyridine rings is 1. The van der Waals surface area contributed by atoms with Crippen molar-refractivity contribution in [3.63, 3.8) is 0 Å². The second kappa shape index (κ2) is 9.67. The molecule has 1 aliphatic heterocycles. The van der Waals surface area contributed by atoms with E-state index in [0.717, 1.165) is 11.8 Å². The number of halogens is 3. The first-order valence-electron chi connectivity index (χ1n) is 9.88. The molecule has 3 heterocycles. The van der Waals surface area contributed by atoms with Gasteiger partial charge in [0.05, 0.1) is 24.0 Å². The van der Waals surface area contributed by atoms with Crippen molar-refractivity contribution < 1.29 is 18.0 Å². The van der Waals surface area contributed by atoms with Crippen molar-refractivity contribution in [1.82, 2.24) is 25.0 Å². The molecule has 1 saturated heterocycles. The number of piperazine rings is 1. The van der Waals surface area contributed by atoms with Crippen LogP contribution < -0.4 is 15.5 Å². The van der Waals surface area contributed by atoms with Crippen LogP contribution in [-0.2, 0) is 18.0 Å². The van der Waals surface area contributed by atoms with E-state index in [1.165, 1.54) is 12.3 Å². The van der Waals surface area contributed by atoms with Gasteiger partial charge >= 0.3 is 6.18 Å². The number of nitrogens with one attached hydrogen (secondary N) is 2. The molecule has 0 radical (unpaired) electrons. The van der Waals surface area contributed by atoms with E-state index in [2.05, 4.69) is 25.7 Å². The van der Waals surface area contributed by atoms with Crippen LogP contribution in [0.1, 0.15) is 12.5 Å². The second-order valence-corrected chi connectivity index (χ2v) is 6.90. The van der Waals surface area contributed by atoms with Crippen molar-refractivity contribution >= 4 is 23.4 Å². The van der Waals surface area contributed by atoms with Crippen LogP contribution in [0.25, 0.3) is 0 Å². The summed E-state index contributed by atoms with van der Waals surface area (Å²) in [4.78, 5) is 24.3. The largest absolute Gasteiger partial charge is 0.419 e. The third kappa shape index (κ3) is 5.64. The summed E-state index contributed by atoms with van der Waals surface area (Å²) in [6.45, 7) is 4.08. The minimum atomic E-state index is -4.48. The van der Waals surface area contributed by atoms with Crippen LogP contribution in [0.15, 0.2) is 35.7 Å². The third-order valence-electron chi connectivity index (χ3n) is 4.64. The Kier molecular flexibility index (Phi) is 6.98. The molecule has 1 aliphatic rings. The Hall–Kier alpha value is -3.31. The van der Waals surface area contributed by atoms with Gasteiger partial charge in [0.15, 0.2) is 5.96 Å². The van der Waals surface area contributed by atoms with Crippen molar-refractivity contribution in [1.29, 1.82) is 0 Å². The zero-order valence-corrected chi connectivity index (χ0v) is 17.4. The first-order valence-corrected chi connectivity index (χ1v) is 9.88. The minimum absolute atomic E-state index is 0.0775. The van der Waals surface area contributed by atoms with Gasteiger partial charge in [-0.1, -0.05) is 0 Å². The molecular weight excluding hydrogens is 413 g/mol. The van der Waals surface area contributed by atoms with Gasteiger partial charge in [-0.2, -0.15) is 18.3 Å². The summed E-state index contributed by atoms with van der Waals surface area (Å²) in [5, 5.41) is 9.92. The molecule has 2 aromatic rings. The molecule has 9 nitrogen and oxygen atoms in total. The Morgan fingerprint density at radius 1 is 1.32 bits per heavy atom. The van der Waals surface area contributed by atoms with Gasteiger partial charge in [0.2, 0.25) is 5.91 Å². The van der Waals surface area contributed by atoms with Crippen molar-refractivity contribution in [2.75, 3.05) is 49.5 Å². The number of aromatic nitrogens is 3. The molecule has 12 heteroatoms. The second-order valence-electron chi connectivity index (χ2n) is 6.90. The summed E-state index contributed by atoms with van der Waals surface area (Å²) in [6, 6.07) is 2.23. The van der Waals surface area contributed by atoms with Crippen molar-refractivity contribution in [3.8, 4) is 0 Å². The highest BCUT2D eigenvalue weighted by molar-refractivity contribution is 5.98. The van der Waals surface area contributed by atoms with Crippen LogP contribution in [0, 0.1) is 0 Å². The van der Waals surface area contributed by atoms with Gasteiger partial charge in [-0.25, -0.2) is 4.98 Å². The molecule has 2 aromatic heterocycles. The lowest BCUT2D eigenvalue weighted by Crippen LogP contribution is -2.55. The molecule has 31 heavy (non-hydrogen) atoms. The van der Waals surface area contributed by atoms with E-state index < -0.39 is 11.7 Å². The van der Waals surface area contributed by atoms with Crippen LogP contribution in [0.2, 0.25) is 0 Å². The van der Waals surface area contributed by atoms with Gasteiger partial charge in [-0.3, -0.25) is 14.5 Å². The van der Waals surface area contributed by atoms with Crippen LogP contribution in [-0.4, -0.2) is 70.8 Å². The SMILES string of the molecule is CCNC(=NCCNc1ncccc1C(F)(F)F)N1CCN(c2cnn(C)c2)C(=O)C1. The monoisotopic (exact) mass is 438 g/mol. The molecule has 1 fully saturated rings. The Bertz CT molecular complexity index is 927. The van der Waals surface area contributed by atoms with Gasteiger partial charge in [-0.05, 0) is 19.1 Å². The van der Waals surface area contributed by atoms with E-state index >= 15 is 0 Å². The molecule has 0 spiro atoms. The lowest BCUT2D eigenvalue weighted by molar-refractivity contribution is -0.137. The predicted molar refractivity (Wildman–Crippen MR) is 111 cm³/mol. The molecule has 0 bridgehead atoms. The summed E-state index contributed by atoms with van der Waals surface area (Å²) < 4.78 is 40.8. The van der Waals surface area contributed by atoms with Gasteiger partial charge in [-0.15, -0.1) is 0 Å². The number of aryl methyl sites for hydroxylation is 1. The number of alkyl halides is 3. The van der Waals surface area contributed by atoms with Gasteiger partial charge in [0.1, 0.15) is 12.4 Å². The molecule has 0 unspecified atom stereocenters. The fourth-order valence-electron chi connectivity index (χ4n) is 3.21. The summed E-state index contributed by atoms with van der Waals surface area (Å²) in [5.41, 5.74) is -0.0721. The Morgan fingerprint density at radius 3 is 2.77 bits per heavy atom. The summed E-state index contributed by atoms with van der Waals surface area (Å²) >= 11 is 0. The lowest BCUT2D eigenvalue weighted by atomic mass is 10.2. The quantitative estimate of drug-likeness (QED) is 0.404. The molecule has 1 amide bonds. The summed E-state index contributed by atoms with van der Waals surface area (Å²) in [6.07, 6.45) is 0.248. The zero-order chi connectivity index (χ0) is 22.4. The van der Waals surface area contributed by atoms with E-state index in [-0.39, 0.29) is 31.4 Å². The Morgan fingerprint density at radius 2 is 2.13 bits per heavy atom. The number of rotatable bonds is 6. The fraction of sp³-hybridized carbons (Fsp3) is 0.474. The average molecular weight is 438 g/mol. The number of carbonyl (C=O) groups is 1. The highest BCUT2D eigenvalue weighted by Crippen LogP contribution is 2.33. The topological polar surface area (TPSA) is 90.7 Å². The molecule has 0 aliphatic carbocycles. The van der Waals surface area contributed by atoms with E-state index in [0.29, 0.717) is 25.6 Å². The van der Waals surface area contributed by atoms with Gasteiger partial charge < -0.3 is 20.4 Å². The normalized spacial score (nSPS) is 15.4. The van der Waals surface area contributed by atoms with Gasteiger partial charge in [0, 0.05) is 45.6 Å². The van der Waals surface area contributed by atoms with E-state index in [9.17, 15) is 18.0 Å². The first kappa shape index (κ1) is 22.4. The zero-order valence-electron chi connectivity index (χ0n) is 17.4. The highest BCUT2D eigenvalue weighted by Gasteiger charge is 2.34. The third-order valence-corrected chi connectivity index (χ3v) is 4.64.